The third-order valence-electron chi connectivity index (χ3n) is 5.85. The predicted octanol–water partition coefficient (Wildman–Crippen LogP) is 3.51. The number of nitrogens with zero attached hydrogens (tertiary/aromatic N) is 3. The van der Waals surface area contributed by atoms with Crippen LogP contribution in [-0.4, -0.2) is 64.8 Å². The Morgan fingerprint density at radius 3 is 2.06 bits per heavy atom. The molecule has 0 saturated carbocycles. The monoisotopic (exact) mass is 421 g/mol. The molecule has 1 aliphatic rings. The second kappa shape index (κ2) is 10.1. The molecule has 0 N–H and O–H groups in total. The molecule has 5 nitrogen and oxygen atoms in total. The predicted molar refractivity (Wildman–Crippen MR) is 125 cm³/mol. The molecular formula is C26H35N3O2. The van der Waals surface area contributed by atoms with E-state index in [4.69, 9.17) is 0 Å². The number of carbonyl (C=O) groups is 2. The number of hydrogen-bond donors (Lipinski definition) is 0. The van der Waals surface area contributed by atoms with Crippen LogP contribution in [0.3, 0.4) is 0 Å². The average molecular weight is 422 g/mol. The maximum Gasteiger partial charge on any atom is 0.237 e. The Morgan fingerprint density at radius 1 is 0.871 bits per heavy atom. The van der Waals surface area contributed by atoms with Crippen molar-refractivity contribution in [3.8, 4) is 0 Å². The SMILES string of the molecule is Cc1ccc(CC(=O)N2CCN(CC(=O)N(Cc3ccccc3)C(C)(C)C)CC2)cc1. The van der Waals surface area contributed by atoms with Gasteiger partial charge in [-0.15, -0.1) is 0 Å². The minimum atomic E-state index is -0.251. The second-order valence-corrected chi connectivity index (χ2v) is 9.46. The molecular weight excluding hydrogens is 386 g/mol. The second-order valence-electron chi connectivity index (χ2n) is 9.46. The first kappa shape index (κ1) is 23.0. The van der Waals surface area contributed by atoms with Gasteiger partial charge in [-0.25, -0.2) is 0 Å². The number of carbonyl (C=O) groups excluding carboxylic acids is 2. The fourth-order valence-corrected chi connectivity index (χ4v) is 3.89. The summed E-state index contributed by atoms with van der Waals surface area (Å²) < 4.78 is 0. The van der Waals surface area contributed by atoms with Crippen molar-refractivity contribution < 1.29 is 9.59 Å². The van der Waals surface area contributed by atoms with Crippen molar-refractivity contribution in [3.63, 3.8) is 0 Å². The van der Waals surface area contributed by atoms with Crippen molar-refractivity contribution >= 4 is 11.8 Å². The van der Waals surface area contributed by atoms with Crippen molar-refractivity contribution in [1.82, 2.24) is 14.7 Å². The van der Waals surface area contributed by atoms with Gasteiger partial charge in [-0.05, 0) is 38.8 Å². The van der Waals surface area contributed by atoms with Gasteiger partial charge in [-0.1, -0.05) is 60.2 Å². The molecule has 2 aromatic carbocycles. The topological polar surface area (TPSA) is 43.9 Å². The molecule has 2 amide bonds. The summed E-state index contributed by atoms with van der Waals surface area (Å²) in [6, 6.07) is 18.3. The van der Waals surface area contributed by atoms with Crippen molar-refractivity contribution in [2.75, 3.05) is 32.7 Å². The van der Waals surface area contributed by atoms with E-state index in [2.05, 4.69) is 37.8 Å². The van der Waals surface area contributed by atoms with Gasteiger partial charge in [0.05, 0.1) is 13.0 Å². The van der Waals surface area contributed by atoms with Crippen LogP contribution >= 0.6 is 0 Å². The maximum absolute atomic E-state index is 13.2. The zero-order chi connectivity index (χ0) is 22.4. The normalized spacial score (nSPS) is 15.0. The van der Waals surface area contributed by atoms with Crippen LogP contribution in [0.1, 0.15) is 37.5 Å². The lowest BCUT2D eigenvalue weighted by atomic mass is 10.0. The fourth-order valence-electron chi connectivity index (χ4n) is 3.89. The molecule has 3 rings (SSSR count). The van der Waals surface area contributed by atoms with Gasteiger partial charge in [0.15, 0.2) is 0 Å². The Kier molecular flexibility index (Phi) is 7.50. The fraction of sp³-hybridized carbons (Fsp3) is 0.462. The third kappa shape index (κ3) is 6.66. The molecule has 0 radical (unpaired) electrons. The zero-order valence-corrected chi connectivity index (χ0v) is 19.3. The largest absolute Gasteiger partial charge is 0.340 e. The lowest BCUT2D eigenvalue weighted by molar-refractivity contribution is -0.139. The van der Waals surface area contributed by atoms with E-state index in [-0.39, 0.29) is 17.4 Å². The Balaban J connectivity index is 1.52. The highest BCUT2D eigenvalue weighted by atomic mass is 16.2. The van der Waals surface area contributed by atoms with Gasteiger partial charge in [0.25, 0.3) is 0 Å². The number of hydrogen-bond acceptors (Lipinski definition) is 3. The molecule has 2 aromatic rings. The molecule has 1 heterocycles. The lowest BCUT2D eigenvalue weighted by Gasteiger charge is -2.39. The summed E-state index contributed by atoms with van der Waals surface area (Å²) in [5.41, 5.74) is 3.14. The summed E-state index contributed by atoms with van der Waals surface area (Å²) in [6.45, 7) is 12.1. The highest BCUT2D eigenvalue weighted by Crippen LogP contribution is 2.18. The Bertz CT molecular complexity index is 864. The number of piperazine rings is 1. The molecule has 0 aromatic heterocycles. The number of amides is 2. The van der Waals surface area contributed by atoms with Gasteiger partial charge in [0.1, 0.15) is 0 Å². The van der Waals surface area contributed by atoms with Crippen molar-refractivity contribution in [1.29, 1.82) is 0 Å². The molecule has 0 unspecified atom stereocenters. The molecule has 166 valence electrons. The standard InChI is InChI=1S/C26H35N3O2/c1-21-10-12-22(13-11-21)18-24(30)28-16-14-27(15-17-28)20-25(31)29(26(2,3)4)19-23-8-6-5-7-9-23/h5-13H,14-20H2,1-4H3. The van der Waals surface area contributed by atoms with Crippen LogP contribution < -0.4 is 0 Å². The minimum Gasteiger partial charge on any atom is -0.340 e. The van der Waals surface area contributed by atoms with Crippen LogP contribution in [0.2, 0.25) is 0 Å². The Morgan fingerprint density at radius 2 is 1.48 bits per heavy atom. The molecule has 0 atom stereocenters. The van der Waals surface area contributed by atoms with E-state index in [0.717, 1.165) is 24.2 Å². The van der Waals surface area contributed by atoms with Gasteiger partial charge in [0, 0.05) is 38.3 Å². The van der Waals surface area contributed by atoms with Gasteiger partial charge in [0.2, 0.25) is 11.8 Å². The maximum atomic E-state index is 13.2. The smallest absolute Gasteiger partial charge is 0.237 e. The Labute approximate surface area is 186 Å². The summed E-state index contributed by atoms with van der Waals surface area (Å²) in [7, 11) is 0. The van der Waals surface area contributed by atoms with Crippen LogP contribution in [0.25, 0.3) is 0 Å². The lowest BCUT2D eigenvalue weighted by Crippen LogP contribution is -2.54. The molecule has 0 aliphatic carbocycles. The summed E-state index contributed by atoms with van der Waals surface area (Å²) in [5.74, 6) is 0.297. The first-order valence-corrected chi connectivity index (χ1v) is 11.1. The molecule has 31 heavy (non-hydrogen) atoms. The number of benzene rings is 2. The van der Waals surface area contributed by atoms with Crippen molar-refractivity contribution in [3.05, 3.63) is 71.3 Å². The first-order chi connectivity index (χ1) is 14.7. The molecule has 1 fully saturated rings. The van der Waals surface area contributed by atoms with Gasteiger partial charge >= 0.3 is 0 Å². The quantitative estimate of drug-likeness (QED) is 0.717. The molecule has 1 aliphatic heterocycles. The van der Waals surface area contributed by atoms with Gasteiger partial charge < -0.3 is 9.80 Å². The van der Waals surface area contributed by atoms with Crippen LogP contribution in [0.5, 0.6) is 0 Å². The molecule has 0 spiro atoms. The van der Waals surface area contributed by atoms with Crippen LogP contribution in [-0.2, 0) is 22.6 Å². The van der Waals surface area contributed by atoms with E-state index >= 15 is 0 Å². The minimum absolute atomic E-state index is 0.135. The number of aryl methyl sites for hydroxylation is 1. The number of rotatable bonds is 6. The van der Waals surface area contributed by atoms with Crippen LogP contribution in [0.15, 0.2) is 54.6 Å². The third-order valence-corrected chi connectivity index (χ3v) is 5.85. The van der Waals surface area contributed by atoms with E-state index in [1.807, 2.05) is 59.2 Å². The Hall–Kier alpha value is -2.66. The van der Waals surface area contributed by atoms with E-state index in [0.29, 0.717) is 32.6 Å². The highest BCUT2D eigenvalue weighted by molar-refractivity contribution is 5.80. The first-order valence-electron chi connectivity index (χ1n) is 11.1. The van der Waals surface area contributed by atoms with E-state index in [1.165, 1.54) is 5.56 Å². The van der Waals surface area contributed by atoms with Crippen LogP contribution in [0, 0.1) is 6.92 Å². The van der Waals surface area contributed by atoms with Gasteiger partial charge in [-0.3, -0.25) is 14.5 Å². The summed E-state index contributed by atoms with van der Waals surface area (Å²) >= 11 is 0. The summed E-state index contributed by atoms with van der Waals surface area (Å²) in [6.07, 6.45) is 0.439. The molecule has 5 heteroatoms. The average Bonchev–Trinajstić information content (AvgIpc) is 2.74. The van der Waals surface area contributed by atoms with Crippen LogP contribution in [0.4, 0.5) is 0 Å². The highest BCUT2D eigenvalue weighted by Gasteiger charge is 2.29. The van der Waals surface area contributed by atoms with Crippen molar-refractivity contribution in [2.45, 2.75) is 46.2 Å². The summed E-state index contributed by atoms with van der Waals surface area (Å²) in [5, 5.41) is 0. The van der Waals surface area contributed by atoms with E-state index in [9.17, 15) is 9.59 Å². The van der Waals surface area contributed by atoms with E-state index < -0.39 is 0 Å². The molecule has 0 bridgehead atoms. The van der Waals surface area contributed by atoms with Gasteiger partial charge in [-0.2, -0.15) is 0 Å². The van der Waals surface area contributed by atoms with Crippen molar-refractivity contribution in [2.24, 2.45) is 0 Å². The van der Waals surface area contributed by atoms with E-state index in [1.54, 1.807) is 0 Å². The zero-order valence-electron chi connectivity index (χ0n) is 19.3. The molecule has 1 saturated heterocycles. The summed E-state index contributed by atoms with van der Waals surface area (Å²) in [4.78, 5) is 31.9.